The monoisotopic (exact) mass is 278 g/mol. The van der Waals surface area contributed by atoms with Gasteiger partial charge in [0.2, 0.25) is 0 Å². The minimum atomic E-state index is -0.552. The Kier molecular flexibility index (Phi) is 3.65. The lowest BCUT2D eigenvalue weighted by molar-refractivity contribution is 0.0636. The molecule has 1 aliphatic rings. The molecule has 0 saturated heterocycles. The van der Waals surface area contributed by atoms with Gasteiger partial charge >= 0.3 is 6.09 Å². The van der Waals surface area contributed by atoms with Crippen molar-refractivity contribution in [2.45, 2.75) is 44.6 Å². The molecule has 0 unspecified atom stereocenters. The molecule has 4 N–H and O–H groups in total. The molecule has 1 saturated carbocycles. The number of amides is 1. The van der Waals surface area contributed by atoms with Gasteiger partial charge in [-0.3, -0.25) is 5.32 Å². The van der Waals surface area contributed by atoms with Crippen LogP contribution in [0, 0.1) is 0 Å². The molecule has 1 aromatic rings. The van der Waals surface area contributed by atoms with Crippen LogP contribution in [0.15, 0.2) is 18.2 Å². The highest BCUT2D eigenvalue weighted by atomic mass is 16.6. The Morgan fingerprint density at radius 1 is 1.45 bits per heavy atom. The normalized spacial score (nSPS) is 16.6. The number of phenolic OH excluding ortho intramolecular Hbond substituents is 1. The molecule has 110 valence electrons. The van der Waals surface area contributed by atoms with Gasteiger partial charge in [0.25, 0.3) is 0 Å². The summed E-state index contributed by atoms with van der Waals surface area (Å²) in [6, 6.07) is 5.12. The van der Waals surface area contributed by atoms with Crippen LogP contribution < -0.4 is 11.1 Å². The van der Waals surface area contributed by atoms with Crippen LogP contribution in [0.5, 0.6) is 5.75 Å². The van der Waals surface area contributed by atoms with Crippen molar-refractivity contribution in [1.29, 1.82) is 0 Å². The van der Waals surface area contributed by atoms with Gasteiger partial charge in [0.15, 0.2) is 0 Å². The summed E-state index contributed by atoms with van der Waals surface area (Å²) in [7, 11) is 0. The third kappa shape index (κ3) is 3.22. The molecule has 5 nitrogen and oxygen atoms in total. The van der Waals surface area contributed by atoms with E-state index in [9.17, 15) is 9.90 Å². The summed E-state index contributed by atoms with van der Waals surface area (Å²) in [5.74, 6) is 0.168. The van der Waals surface area contributed by atoms with Gasteiger partial charge in [0.05, 0.1) is 0 Å². The van der Waals surface area contributed by atoms with Gasteiger partial charge < -0.3 is 15.6 Å². The van der Waals surface area contributed by atoms with Gasteiger partial charge in [-0.2, -0.15) is 0 Å². The van der Waals surface area contributed by atoms with E-state index in [0.717, 1.165) is 18.4 Å². The third-order valence-corrected chi connectivity index (χ3v) is 3.46. The molecule has 0 heterocycles. The van der Waals surface area contributed by atoms with Crippen LogP contribution in [0.3, 0.4) is 0 Å². The molecule has 0 aromatic heterocycles. The second-order valence-corrected chi connectivity index (χ2v) is 6.34. The van der Waals surface area contributed by atoms with Crippen molar-refractivity contribution in [2.24, 2.45) is 5.73 Å². The summed E-state index contributed by atoms with van der Waals surface area (Å²) >= 11 is 0. The molecule has 0 aliphatic heterocycles. The molecule has 2 rings (SSSR count). The molecule has 0 bridgehead atoms. The lowest BCUT2D eigenvalue weighted by Gasteiger charge is -2.20. The highest BCUT2D eigenvalue weighted by Crippen LogP contribution is 2.50. The molecule has 0 radical (unpaired) electrons. The Balaban J connectivity index is 2.08. The molecule has 0 spiro atoms. The van der Waals surface area contributed by atoms with E-state index in [1.54, 1.807) is 26.8 Å². The number of benzene rings is 1. The van der Waals surface area contributed by atoms with Crippen LogP contribution in [0.4, 0.5) is 10.5 Å². The topological polar surface area (TPSA) is 84.6 Å². The lowest BCUT2D eigenvalue weighted by atomic mass is 9.95. The van der Waals surface area contributed by atoms with Gasteiger partial charge in [-0.15, -0.1) is 0 Å². The second kappa shape index (κ2) is 4.98. The first-order valence-electron chi connectivity index (χ1n) is 6.79. The van der Waals surface area contributed by atoms with Crippen LogP contribution in [0.1, 0.15) is 39.2 Å². The smallest absolute Gasteiger partial charge is 0.412 e. The standard InChI is InChI=1S/C15H22N2O3/c1-14(2,3)20-13(19)17-10-4-5-11(12(18)8-10)15(9-16)6-7-15/h4-5,8,18H,6-7,9,16H2,1-3H3,(H,17,19). The number of aromatic hydroxyl groups is 1. The molecule has 1 aliphatic carbocycles. The molecule has 1 amide bonds. The van der Waals surface area contributed by atoms with E-state index >= 15 is 0 Å². The zero-order chi connectivity index (χ0) is 15.0. The van der Waals surface area contributed by atoms with E-state index in [-0.39, 0.29) is 11.2 Å². The quantitative estimate of drug-likeness (QED) is 0.793. The first-order chi connectivity index (χ1) is 9.26. The number of hydrogen-bond donors (Lipinski definition) is 3. The van der Waals surface area contributed by atoms with Crippen molar-refractivity contribution in [1.82, 2.24) is 0 Å². The average Bonchev–Trinajstić information content (AvgIpc) is 3.07. The maximum atomic E-state index is 11.7. The molecule has 1 aromatic carbocycles. The van der Waals surface area contributed by atoms with Gasteiger partial charge in [-0.25, -0.2) is 4.79 Å². The number of hydrogen-bond acceptors (Lipinski definition) is 4. The molecule has 20 heavy (non-hydrogen) atoms. The Hall–Kier alpha value is -1.75. The van der Waals surface area contributed by atoms with E-state index in [1.807, 2.05) is 6.07 Å². The van der Waals surface area contributed by atoms with E-state index in [2.05, 4.69) is 5.32 Å². The zero-order valence-electron chi connectivity index (χ0n) is 12.2. The van der Waals surface area contributed by atoms with E-state index in [4.69, 9.17) is 10.5 Å². The minimum Gasteiger partial charge on any atom is -0.508 e. The molecule has 5 heteroatoms. The van der Waals surface area contributed by atoms with Gasteiger partial charge in [-0.05, 0) is 39.7 Å². The largest absolute Gasteiger partial charge is 0.508 e. The zero-order valence-corrected chi connectivity index (χ0v) is 12.2. The fraction of sp³-hybridized carbons (Fsp3) is 0.533. The maximum Gasteiger partial charge on any atom is 0.412 e. The van der Waals surface area contributed by atoms with Gasteiger partial charge in [-0.1, -0.05) is 6.07 Å². The Morgan fingerprint density at radius 2 is 2.10 bits per heavy atom. The highest BCUT2D eigenvalue weighted by Gasteiger charge is 2.44. The SMILES string of the molecule is CC(C)(C)OC(=O)Nc1ccc(C2(CN)CC2)c(O)c1. The van der Waals surface area contributed by atoms with Crippen LogP contribution >= 0.6 is 0 Å². The van der Waals surface area contributed by atoms with E-state index in [1.165, 1.54) is 6.07 Å². The van der Waals surface area contributed by atoms with E-state index < -0.39 is 11.7 Å². The fourth-order valence-corrected chi connectivity index (χ4v) is 2.21. The number of anilines is 1. The number of rotatable bonds is 3. The summed E-state index contributed by atoms with van der Waals surface area (Å²) in [6.45, 7) is 5.92. The average molecular weight is 278 g/mol. The van der Waals surface area contributed by atoms with Crippen LogP contribution in [-0.4, -0.2) is 23.3 Å². The van der Waals surface area contributed by atoms with Crippen molar-refractivity contribution in [3.8, 4) is 5.75 Å². The number of ether oxygens (including phenoxy) is 1. The van der Waals surface area contributed by atoms with Crippen molar-refractivity contribution in [2.75, 3.05) is 11.9 Å². The maximum absolute atomic E-state index is 11.7. The summed E-state index contributed by atoms with van der Waals surface area (Å²) in [5.41, 5.74) is 6.49. The number of phenols is 1. The predicted molar refractivity (Wildman–Crippen MR) is 77.9 cm³/mol. The molecular formula is C15H22N2O3. The summed E-state index contributed by atoms with van der Waals surface area (Å²) < 4.78 is 5.16. The summed E-state index contributed by atoms with van der Waals surface area (Å²) in [5, 5.41) is 12.7. The number of nitrogens with two attached hydrogens (primary N) is 1. The van der Waals surface area contributed by atoms with Crippen LogP contribution in [0.2, 0.25) is 0 Å². The Bertz CT molecular complexity index is 516. The van der Waals surface area contributed by atoms with Gasteiger partial charge in [0.1, 0.15) is 11.4 Å². The summed E-state index contributed by atoms with van der Waals surface area (Å²) in [4.78, 5) is 11.7. The first-order valence-corrected chi connectivity index (χ1v) is 6.79. The summed E-state index contributed by atoms with van der Waals surface area (Å²) in [6.07, 6.45) is 1.45. The Morgan fingerprint density at radius 3 is 2.55 bits per heavy atom. The number of carbonyl (C=O) groups excluding carboxylic acids is 1. The van der Waals surface area contributed by atoms with Crippen molar-refractivity contribution in [3.63, 3.8) is 0 Å². The predicted octanol–water partition coefficient (Wildman–Crippen LogP) is 2.73. The number of nitrogens with one attached hydrogen (secondary N) is 1. The van der Waals surface area contributed by atoms with Crippen molar-refractivity contribution in [3.05, 3.63) is 23.8 Å². The fourth-order valence-electron chi connectivity index (χ4n) is 2.21. The first kappa shape index (κ1) is 14.7. The van der Waals surface area contributed by atoms with Crippen LogP contribution in [0.25, 0.3) is 0 Å². The number of carbonyl (C=O) groups is 1. The van der Waals surface area contributed by atoms with Crippen LogP contribution in [-0.2, 0) is 10.2 Å². The second-order valence-electron chi connectivity index (χ2n) is 6.34. The third-order valence-electron chi connectivity index (χ3n) is 3.46. The van der Waals surface area contributed by atoms with Crippen molar-refractivity contribution < 1.29 is 14.6 Å². The van der Waals surface area contributed by atoms with Crippen molar-refractivity contribution >= 4 is 11.8 Å². The highest BCUT2D eigenvalue weighted by molar-refractivity contribution is 5.85. The molecule has 1 fully saturated rings. The molecule has 0 atom stereocenters. The Labute approximate surface area is 119 Å². The molecular weight excluding hydrogens is 256 g/mol. The van der Waals surface area contributed by atoms with E-state index in [0.29, 0.717) is 12.2 Å². The minimum absolute atomic E-state index is 0.0749. The van der Waals surface area contributed by atoms with Gasteiger partial charge in [0, 0.05) is 29.3 Å². The lowest BCUT2D eigenvalue weighted by Crippen LogP contribution is -2.27.